The molecule has 2 saturated carbocycles. The summed E-state index contributed by atoms with van der Waals surface area (Å²) >= 11 is 0. The monoisotopic (exact) mass is 469 g/mol. The zero-order valence-electron chi connectivity index (χ0n) is 20.5. The molecular formula is C29H35N5O. The fourth-order valence-corrected chi connectivity index (χ4v) is 6.16. The highest BCUT2D eigenvalue weighted by Gasteiger charge is 2.25. The van der Waals surface area contributed by atoms with Crippen LogP contribution in [0.4, 0.5) is 5.95 Å². The van der Waals surface area contributed by atoms with Crippen molar-refractivity contribution in [3.8, 4) is 0 Å². The first kappa shape index (κ1) is 22.4. The van der Waals surface area contributed by atoms with E-state index in [1.54, 1.807) is 6.20 Å². The van der Waals surface area contributed by atoms with Gasteiger partial charge in [0.25, 0.3) is 0 Å². The van der Waals surface area contributed by atoms with E-state index in [1.165, 1.54) is 51.4 Å². The second-order valence-corrected chi connectivity index (χ2v) is 10.6. The van der Waals surface area contributed by atoms with E-state index in [0.29, 0.717) is 6.04 Å². The first-order chi connectivity index (χ1) is 17.3. The van der Waals surface area contributed by atoms with Gasteiger partial charge in [0.1, 0.15) is 0 Å². The van der Waals surface area contributed by atoms with Crippen LogP contribution < -0.4 is 5.32 Å². The lowest BCUT2D eigenvalue weighted by Gasteiger charge is -2.22. The maximum atomic E-state index is 13.5. The van der Waals surface area contributed by atoms with Crippen LogP contribution in [-0.4, -0.2) is 31.4 Å². The Morgan fingerprint density at radius 1 is 0.943 bits per heavy atom. The molecule has 0 aliphatic heterocycles. The summed E-state index contributed by atoms with van der Waals surface area (Å²) in [5.74, 6) is 1.15. The molecule has 2 fully saturated rings. The van der Waals surface area contributed by atoms with Gasteiger partial charge in [-0.25, -0.2) is 14.5 Å². The summed E-state index contributed by atoms with van der Waals surface area (Å²) in [4.78, 5) is 23.0. The molecule has 0 saturated heterocycles. The molecule has 0 amide bonds. The van der Waals surface area contributed by atoms with E-state index in [2.05, 4.69) is 33.6 Å². The summed E-state index contributed by atoms with van der Waals surface area (Å²) in [7, 11) is 0. The molecule has 3 heterocycles. The van der Waals surface area contributed by atoms with Gasteiger partial charge in [0.15, 0.2) is 5.78 Å². The van der Waals surface area contributed by atoms with Crippen molar-refractivity contribution < 1.29 is 4.79 Å². The number of hydrogen-bond donors (Lipinski definition) is 1. The standard InChI is InChI=1S/C29H35N5O/c35-28(20-9-5-2-1-3-6-10-20)25-19-31-34-16-15-21(17-27(25)34)23-13-14-26-24(23)18-30-29(33-26)32-22-11-7-4-8-12-22/h13,15-20,22H,1-12,14H2,(H,30,32,33). The number of anilines is 1. The minimum atomic E-state index is 0.127. The van der Waals surface area contributed by atoms with E-state index in [4.69, 9.17) is 4.98 Å². The van der Waals surface area contributed by atoms with Crippen molar-refractivity contribution in [3.05, 3.63) is 59.2 Å². The van der Waals surface area contributed by atoms with Crippen LogP contribution in [0.5, 0.6) is 0 Å². The number of hydrogen-bond acceptors (Lipinski definition) is 5. The van der Waals surface area contributed by atoms with Crippen LogP contribution in [0.25, 0.3) is 11.1 Å². The number of fused-ring (bicyclic) bond motifs is 2. The Bertz CT molecular complexity index is 1250. The van der Waals surface area contributed by atoms with E-state index in [-0.39, 0.29) is 11.7 Å². The average molecular weight is 470 g/mol. The number of nitrogens with zero attached hydrogens (tertiary/aromatic N) is 4. The van der Waals surface area contributed by atoms with E-state index in [9.17, 15) is 4.79 Å². The Morgan fingerprint density at radius 3 is 2.51 bits per heavy atom. The molecule has 0 spiro atoms. The first-order valence-corrected chi connectivity index (χ1v) is 13.6. The summed E-state index contributed by atoms with van der Waals surface area (Å²) in [6.07, 6.45) is 23.2. The predicted molar refractivity (Wildman–Crippen MR) is 139 cm³/mol. The molecule has 6 heteroatoms. The minimum Gasteiger partial charge on any atom is -0.351 e. The van der Waals surface area contributed by atoms with Crippen LogP contribution in [0.2, 0.25) is 0 Å². The summed E-state index contributed by atoms with van der Waals surface area (Å²) in [5.41, 5.74) is 6.08. The number of nitrogens with one attached hydrogen (secondary N) is 1. The van der Waals surface area contributed by atoms with Crippen molar-refractivity contribution >= 4 is 22.8 Å². The van der Waals surface area contributed by atoms with Gasteiger partial charge < -0.3 is 5.32 Å². The molecule has 6 nitrogen and oxygen atoms in total. The molecular weight excluding hydrogens is 434 g/mol. The molecule has 3 aliphatic rings. The Hall–Kier alpha value is -3.02. The van der Waals surface area contributed by atoms with Gasteiger partial charge in [-0.05, 0) is 49.0 Å². The van der Waals surface area contributed by atoms with Crippen LogP contribution >= 0.6 is 0 Å². The molecule has 3 aliphatic carbocycles. The summed E-state index contributed by atoms with van der Waals surface area (Å²) in [5, 5.41) is 8.05. The van der Waals surface area contributed by atoms with Gasteiger partial charge in [-0.3, -0.25) is 4.79 Å². The highest BCUT2D eigenvalue weighted by atomic mass is 16.1. The molecule has 6 rings (SSSR count). The number of aromatic nitrogens is 4. The van der Waals surface area contributed by atoms with E-state index in [0.717, 1.165) is 71.5 Å². The molecule has 3 aromatic rings. The lowest BCUT2D eigenvalue weighted by atomic mass is 9.86. The number of allylic oxidation sites excluding steroid dienone is 1. The molecule has 35 heavy (non-hydrogen) atoms. The summed E-state index contributed by atoms with van der Waals surface area (Å²) in [6, 6.07) is 4.70. The van der Waals surface area contributed by atoms with Crippen molar-refractivity contribution in [1.82, 2.24) is 19.6 Å². The number of Topliss-reactive ketones (excluding diaryl/α,β-unsaturated/α-hetero) is 1. The fraction of sp³-hybridized carbons (Fsp3) is 0.517. The SMILES string of the molecule is O=C(c1cnn2ccc(C3=CCc4nc(NC5CCCCC5)ncc43)cc12)C1CCCCCCC1. The normalized spacial score (nSPS) is 19.7. The Balaban J connectivity index is 1.24. The molecule has 0 unspecified atom stereocenters. The van der Waals surface area contributed by atoms with Crippen LogP contribution in [0.15, 0.2) is 36.8 Å². The lowest BCUT2D eigenvalue weighted by Crippen LogP contribution is -2.23. The van der Waals surface area contributed by atoms with Crippen molar-refractivity contribution in [1.29, 1.82) is 0 Å². The van der Waals surface area contributed by atoms with Crippen molar-refractivity contribution in [2.75, 3.05) is 5.32 Å². The molecule has 0 radical (unpaired) electrons. The number of pyridine rings is 1. The summed E-state index contributed by atoms with van der Waals surface area (Å²) in [6.45, 7) is 0. The van der Waals surface area contributed by atoms with Crippen LogP contribution in [0.3, 0.4) is 0 Å². The van der Waals surface area contributed by atoms with Gasteiger partial charge in [0.2, 0.25) is 5.95 Å². The first-order valence-electron chi connectivity index (χ1n) is 13.6. The lowest BCUT2D eigenvalue weighted by molar-refractivity contribution is 0.0900. The van der Waals surface area contributed by atoms with Crippen molar-refractivity contribution in [2.45, 2.75) is 89.5 Å². The van der Waals surface area contributed by atoms with Gasteiger partial charge in [-0.15, -0.1) is 0 Å². The zero-order valence-corrected chi connectivity index (χ0v) is 20.5. The average Bonchev–Trinajstić information content (AvgIpc) is 3.48. The quantitative estimate of drug-likeness (QED) is 0.438. The van der Waals surface area contributed by atoms with E-state index < -0.39 is 0 Å². The van der Waals surface area contributed by atoms with Gasteiger partial charge in [0, 0.05) is 36.3 Å². The highest BCUT2D eigenvalue weighted by Crippen LogP contribution is 2.34. The number of rotatable bonds is 5. The van der Waals surface area contributed by atoms with Crippen LogP contribution in [0, 0.1) is 5.92 Å². The molecule has 0 atom stereocenters. The zero-order chi connectivity index (χ0) is 23.6. The van der Waals surface area contributed by atoms with Crippen molar-refractivity contribution in [3.63, 3.8) is 0 Å². The molecule has 3 aromatic heterocycles. The van der Waals surface area contributed by atoms with Gasteiger partial charge >= 0.3 is 0 Å². The third-order valence-corrected chi connectivity index (χ3v) is 8.17. The second kappa shape index (κ2) is 9.92. The number of carbonyl (C=O) groups excluding carboxylic acids is 1. The highest BCUT2D eigenvalue weighted by molar-refractivity contribution is 6.04. The maximum Gasteiger partial charge on any atom is 0.223 e. The Morgan fingerprint density at radius 2 is 1.69 bits per heavy atom. The maximum absolute atomic E-state index is 13.5. The fourth-order valence-electron chi connectivity index (χ4n) is 6.16. The van der Waals surface area contributed by atoms with Gasteiger partial charge in [-0.1, -0.05) is 57.4 Å². The topological polar surface area (TPSA) is 72.2 Å². The molecule has 0 bridgehead atoms. The Labute approximate surface area is 207 Å². The van der Waals surface area contributed by atoms with E-state index in [1.807, 2.05) is 16.9 Å². The van der Waals surface area contributed by atoms with E-state index >= 15 is 0 Å². The van der Waals surface area contributed by atoms with Gasteiger partial charge in [-0.2, -0.15) is 5.10 Å². The smallest absolute Gasteiger partial charge is 0.223 e. The third-order valence-electron chi connectivity index (χ3n) is 8.17. The van der Waals surface area contributed by atoms with Crippen LogP contribution in [0.1, 0.15) is 104 Å². The largest absolute Gasteiger partial charge is 0.351 e. The van der Waals surface area contributed by atoms with Crippen molar-refractivity contribution in [2.24, 2.45) is 5.92 Å². The third kappa shape index (κ3) is 4.63. The molecule has 0 aromatic carbocycles. The number of ketones is 1. The van der Waals surface area contributed by atoms with Crippen LogP contribution in [-0.2, 0) is 6.42 Å². The molecule has 182 valence electrons. The Kier molecular flexibility index (Phi) is 6.36. The molecule has 1 N–H and O–H groups in total. The second-order valence-electron chi connectivity index (χ2n) is 10.6. The predicted octanol–water partition coefficient (Wildman–Crippen LogP) is 6.40. The summed E-state index contributed by atoms with van der Waals surface area (Å²) < 4.78 is 1.84. The minimum absolute atomic E-state index is 0.127. The number of carbonyl (C=O) groups is 1. The van der Waals surface area contributed by atoms with Gasteiger partial charge in [0.05, 0.1) is 23.0 Å².